The molecule has 16 rings (SSSR count). The number of Topliss-reactive ketones (excluding diaryl/α,β-unsaturated/α-hetero) is 1. The molecule has 9 N–H and O–H groups in total. The Hall–Kier alpha value is -10.0. The van der Waals surface area contributed by atoms with Crippen molar-refractivity contribution in [2.75, 3.05) is 113 Å². The molecule has 8 aliphatic rings. The number of esters is 4. The van der Waals surface area contributed by atoms with Gasteiger partial charge in [-0.2, -0.15) is 23.5 Å². The summed E-state index contributed by atoms with van der Waals surface area (Å²) in [4.78, 5) is 156. The number of nitrogens with zero attached hydrogens (tertiary/aromatic N) is 12. The molecule has 730 valence electrons. The van der Waals surface area contributed by atoms with Crippen LogP contribution in [0.3, 0.4) is 0 Å². The predicted molar refractivity (Wildman–Crippen MR) is 529 cm³/mol. The molecule has 4 aromatic carbocycles. The van der Waals surface area contributed by atoms with E-state index in [2.05, 4.69) is 105 Å². The number of likely N-dealkylation sites (tertiary alicyclic amines) is 1. The van der Waals surface area contributed by atoms with E-state index < -0.39 is 130 Å². The molecule has 0 radical (unpaired) electrons. The van der Waals surface area contributed by atoms with Gasteiger partial charge in [-0.1, -0.05) is 88.0 Å². The standard InChI is InChI=1S/C23H24BrFN4O4S2.C22H23BrFN5O3S2.C22H22BrFN4O5S2.C22H20BrFN4O5S/c1-3-33-21(30)17-16(11-29-7-9-34-12-23(29,2)22(31)32)27-19(20-26-6-8-35-20)28-18(17)14-5-4-13(25)10-15(14)24;1-2-32-22(31)17-15(10-29-6-8-33-11-16(29)19(25)30)27-20(21-26-5-7-34-21)28-18(17)13-4-3-12(24)9-14(13)23;1-2-33-22(31)17-15(10-28-6-8-35(32)11-16(28)21(29)30)26-19(20-25-5-7-34-20)27-18(17)13-4-3-12(24)9-14(13)23;1-2-33-22(32)17-15(10-28-9-12(29)8-16(28)21(30)31)26-19(20-25-5-6-34-20)27-18(17)13-4-3-11(24)7-14(13)23/h4-6,8,10,18H,3,7,9,11-12H2,1-2H3,(H,27,28)(H,31,32);3-5,7,9,16,18H,2,6,8,10-11H2,1H3,(H2,25,30)(H,27,28);3-5,7,9,16,18H,2,6,8,10-11H2,1H3,(H,26,27)(H,29,30);3-7,16,18H,2,8-10H2,1H3,(H,26,27)(H,30,31)/t;;;16-,18?/m...0/s1. The fourth-order valence-corrected chi connectivity index (χ4v) is 24.0. The largest absolute Gasteiger partial charge is 0.480 e. The summed E-state index contributed by atoms with van der Waals surface area (Å²) in [7, 11) is -1.24. The van der Waals surface area contributed by atoms with Crippen molar-refractivity contribution in [1.82, 2.24) is 60.8 Å². The summed E-state index contributed by atoms with van der Waals surface area (Å²) in [5, 5.41) is 51.7. The molecule has 4 fully saturated rings. The SMILES string of the molecule is CCOC(=O)C1=C(CN2CC(=O)C[C@H]2C(=O)O)NC(c2nccs2)=NC1c1ccc(F)cc1Br.CCOC(=O)C1=C(CN2CCS(=O)CC2C(=O)O)NC(c2nccs2)=NC1c1ccc(F)cc1Br.CCOC(=O)C1=C(CN2CCSCC2(C)C(=O)O)NC(c2nccs2)=NC1c1ccc(F)cc1Br.CCOC(=O)C1=C(CN2CCSCC2C(N)=O)NC(c2nccs2)=NC1c1ccc(F)cc1Br. The quantitative estimate of drug-likeness (QED) is 0.0128. The Kier molecular flexibility index (Phi) is 37.0. The number of thioether (sulfide) groups is 2. The number of aromatic nitrogens is 4. The molecule has 1 amide bonds. The first-order valence-electron chi connectivity index (χ1n) is 42.6. The smallest absolute Gasteiger partial charge is 0.338 e. The number of amides is 1. The van der Waals surface area contributed by atoms with Gasteiger partial charge >= 0.3 is 41.8 Å². The second kappa shape index (κ2) is 48.4. The minimum absolute atomic E-state index is 0.00226. The maximum atomic E-state index is 13.9. The number of carbonyl (C=O) groups is 9. The highest BCUT2D eigenvalue weighted by molar-refractivity contribution is 9.11. The number of carboxylic acids is 3. The number of nitrogens with one attached hydrogen (secondary N) is 4. The molecule has 4 aromatic heterocycles. The van der Waals surface area contributed by atoms with Crippen LogP contribution in [0.4, 0.5) is 17.6 Å². The molecule has 49 heteroatoms. The summed E-state index contributed by atoms with van der Waals surface area (Å²) < 4.78 is 90.6. The average molecular weight is 2290 g/mol. The van der Waals surface area contributed by atoms with Gasteiger partial charge < -0.3 is 61.3 Å². The van der Waals surface area contributed by atoms with Gasteiger partial charge in [0.1, 0.15) is 70.8 Å². The lowest BCUT2D eigenvalue weighted by molar-refractivity contribution is -0.149. The van der Waals surface area contributed by atoms with Gasteiger partial charge in [0.25, 0.3) is 0 Å². The number of ether oxygens (including phenoxy) is 4. The number of primary amides is 1. The van der Waals surface area contributed by atoms with Crippen LogP contribution in [-0.2, 0) is 72.9 Å². The monoisotopic (exact) mass is 2280 g/mol. The molecular weight excluding hydrogens is 2200 g/mol. The second-order valence-corrected chi connectivity index (χ2v) is 42.0. The zero-order valence-corrected chi connectivity index (χ0v) is 86.0. The number of aliphatic imine (C=N–C) groups is 4. The van der Waals surface area contributed by atoms with Gasteiger partial charge in [0.05, 0.1) is 61.3 Å². The number of amidine groups is 4. The van der Waals surface area contributed by atoms with Crippen molar-refractivity contribution in [2.24, 2.45) is 25.7 Å². The van der Waals surface area contributed by atoms with E-state index in [1.807, 2.05) is 20.6 Å². The number of carbonyl (C=O) groups excluding carboxylic acids is 6. The number of benzene rings is 4. The summed E-state index contributed by atoms with van der Waals surface area (Å²) in [5.74, 6) is -3.22. The second-order valence-electron chi connectivity index (χ2n) is 31.1. The summed E-state index contributed by atoms with van der Waals surface area (Å²) in [6, 6.07) is 10.9. The van der Waals surface area contributed by atoms with Gasteiger partial charge in [0.15, 0.2) is 43.4 Å². The molecular formula is C89H89Br4F4N17O17S7. The molecule has 9 atom stereocenters. The van der Waals surface area contributed by atoms with Crippen LogP contribution in [0.25, 0.3) is 0 Å². The molecule has 8 aromatic rings. The van der Waals surface area contributed by atoms with Gasteiger partial charge in [0.2, 0.25) is 5.91 Å². The van der Waals surface area contributed by atoms with Gasteiger partial charge in [-0.15, -0.1) is 45.3 Å². The summed E-state index contributed by atoms with van der Waals surface area (Å²) in [6.45, 7) is 10.9. The lowest BCUT2D eigenvalue weighted by Crippen LogP contribution is -2.59. The third-order valence-electron chi connectivity index (χ3n) is 22.3. The van der Waals surface area contributed by atoms with E-state index in [-0.39, 0.29) is 100 Å². The molecule has 0 saturated carbocycles. The van der Waals surface area contributed by atoms with Crippen molar-refractivity contribution in [2.45, 2.75) is 88.9 Å². The van der Waals surface area contributed by atoms with E-state index in [0.29, 0.717) is 142 Å². The Morgan fingerprint density at radius 1 is 0.478 bits per heavy atom. The molecule has 8 unspecified atom stereocenters. The van der Waals surface area contributed by atoms with Crippen molar-refractivity contribution >= 4 is 220 Å². The van der Waals surface area contributed by atoms with Crippen molar-refractivity contribution in [3.05, 3.63) is 248 Å². The fraction of sp³-hybridized carbons (Fsp3) is 0.360. The molecule has 12 heterocycles. The highest BCUT2D eigenvalue weighted by Gasteiger charge is 2.47. The number of rotatable bonds is 28. The number of halogens is 8. The topological polar surface area (TPSA) is 456 Å². The van der Waals surface area contributed by atoms with Crippen molar-refractivity contribution in [3.63, 3.8) is 0 Å². The van der Waals surface area contributed by atoms with Gasteiger partial charge in [-0.3, -0.25) is 67.8 Å². The minimum Gasteiger partial charge on any atom is -0.480 e. The normalized spacial score (nSPS) is 22.0. The molecule has 34 nitrogen and oxygen atoms in total. The Morgan fingerprint density at radius 3 is 1.12 bits per heavy atom. The predicted octanol–water partition coefficient (Wildman–Crippen LogP) is 11.9. The Bertz CT molecular complexity index is 6220. The van der Waals surface area contributed by atoms with E-state index in [4.69, 9.17) is 44.7 Å². The fourth-order valence-electron chi connectivity index (χ4n) is 15.7. The minimum atomic E-state index is -1.24. The number of hydrogen-bond donors (Lipinski definition) is 8. The number of thiazole rings is 4. The summed E-state index contributed by atoms with van der Waals surface area (Å²) in [5.41, 5.74) is 9.50. The van der Waals surface area contributed by atoms with Crippen molar-refractivity contribution < 1.29 is 99.2 Å². The molecule has 0 spiro atoms. The van der Waals surface area contributed by atoms with Gasteiger partial charge in [0, 0.05) is 185 Å². The van der Waals surface area contributed by atoms with Gasteiger partial charge in [-0.25, -0.2) is 56.7 Å². The highest BCUT2D eigenvalue weighted by Crippen LogP contribution is 2.44. The number of ketones is 1. The first kappa shape index (κ1) is 105. The van der Waals surface area contributed by atoms with Crippen molar-refractivity contribution in [1.29, 1.82) is 0 Å². The van der Waals surface area contributed by atoms with Gasteiger partial charge in [-0.05, 0) is 105 Å². The van der Waals surface area contributed by atoms with Crippen LogP contribution in [0.2, 0.25) is 0 Å². The number of carboxylic acid groups (broad SMARTS) is 3. The van der Waals surface area contributed by atoms with E-state index in [1.165, 1.54) is 105 Å². The lowest BCUT2D eigenvalue weighted by atomic mass is 9.94. The third-order valence-corrected chi connectivity index (χ3v) is 31.8. The average Bonchev–Trinajstić information content (AvgIpc) is 1.17. The molecule has 0 bridgehead atoms. The lowest BCUT2D eigenvalue weighted by Gasteiger charge is -2.42. The maximum absolute atomic E-state index is 13.9. The third kappa shape index (κ3) is 25.5. The summed E-state index contributed by atoms with van der Waals surface area (Å²) >= 11 is 22.3. The van der Waals surface area contributed by atoms with Crippen LogP contribution in [0.15, 0.2) is 202 Å². The van der Waals surface area contributed by atoms with E-state index in [0.717, 1.165) is 11.5 Å². The first-order valence-corrected chi connectivity index (χ1v) is 53.0. The van der Waals surface area contributed by atoms with E-state index in [1.54, 1.807) is 117 Å². The Morgan fingerprint density at radius 2 is 0.812 bits per heavy atom. The highest BCUT2D eigenvalue weighted by atomic mass is 79.9. The zero-order chi connectivity index (χ0) is 98.9. The Labute approximate surface area is 848 Å². The van der Waals surface area contributed by atoms with Crippen LogP contribution < -0.4 is 27.0 Å². The number of hydrogen-bond acceptors (Lipinski definition) is 36. The molecule has 0 aliphatic carbocycles. The Balaban J connectivity index is 0.000000155. The zero-order valence-electron chi connectivity index (χ0n) is 73.9. The first-order chi connectivity index (χ1) is 66.2. The van der Waals surface area contributed by atoms with Crippen molar-refractivity contribution in [3.8, 4) is 0 Å². The summed E-state index contributed by atoms with van der Waals surface area (Å²) in [6.07, 6.45) is 6.44. The molecule has 4 saturated heterocycles. The van der Waals surface area contributed by atoms with Crippen LogP contribution in [0.1, 0.15) is 107 Å². The molecule has 138 heavy (non-hydrogen) atoms. The number of nitrogens with two attached hydrogens (primary N) is 1. The van der Waals surface area contributed by atoms with E-state index in [9.17, 15) is 80.2 Å². The maximum Gasteiger partial charge on any atom is 0.338 e. The van der Waals surface area contributed by atoms with Crippen LogP contribution in [0, 0.1) is 23.3 Å². The number of aliphatic carboxylic acids is 3. The molecule has 8 aliphatic heterocycles. The van der Waals surface area contributed by atoms with Crippen LogP contribution in [0.5, 0.6) is 0 Å². The van der Waals surface area contributed by atoms with Crippen LogP contribution in [-0.4, -0.2) is 273 Å². The van der Waals surface area contributed by atoms with Crippen LogP contribution >= 0.6 is 133 Å². The van der Waals surface area contributed by atoms with E-state index >= 15 is 0 Å².